The Morgan fingerprint density at radius 1 is 0.182 bits per heavy atom. The summed E-state index contributed by atoms with van der Waals surface area (Å²) in [6.07, 6.45) is 1.81. The molecule has 16 heterocycles. The number of hydrogen-bond acceptors (Lipinski definition) is 13. The van der Waals surface area contributed by atoms with Crippen molar-refractivity contribution >= 4 is 266 Å². The SMILES string of the molecule is c1ccc(-c2ccc3ccc4ccc(-n5c6c7ccccc7sc6c6sc7ccccc7c65)nc4c3n2)cc1.c1ccc(-c2ccc3ccc4ccc(-n5c6c7ccccc7sc6c6sc7ccccc7c65)nc4c3n2)nc1.c1ccc2cc(-c3ccc4ccc5ccc(-n6c7c8ccccc8sc7c7sc8ccccc8c76)nc5c4n3)ccc2c1. The molecular weight excluding hydrogens is 1590 g/mol. The maximum Gasteiger partial charge on any atom is 0.138 e. The van der Waals surface area contributed by atoms with Gasteiger partial charge in [0.05, 0.1) is 117 Å². The highest BCUT2D eigenvalue weighted by atomic mass is 32.1. The zero-order valence-corrected chi connectivity index (χ0v) is 68.8. The van der Waals surface area contributed by atoms with Crippen molar-refractivity contribution in [2.45, 2.75) is 0 Å². The highest BCUT2D eigenvalue weighted by molar-refractivity contribution is 7.35. The van der Waals surface area contributed by atoms with Crippen LogP contribution in [0.25, 0.3) is 249 Å². The fourth-order valence-electron chi connectivity index (χ4n) is 18.1. The quantitative estimate of drug-likeness (QED) is 0.153. The topological polar surface area (TPSA) is 105 Å². The molecule has 0 saturated carbocycles. The van der Waals surface area contributed by atoms with E-state index in [1.165, 1.54) is 133 Å². The number of thiophene rings is 6. The molecule has 10 nitrogen and oxygen atoms in total. The first-order valence-electron chi connectivity index (χ1n) is 40.1. The van der Waals surface area contributed by atoms with Gasteiger partial charge in [0.2, 0.25) is 0 Å². The molecule has 0 saturated heterocycles. The normalized spacial score (nSPS) is 12.1. The fourth-order valence-corrected chi connectivity index (χ4v) is 25.6. The smallest absolute Gasteiger partial charge is 0.138 e. The van der Waals surface area contributed by atoms with Gasteiger partial charge in [-0.05, 0) is 120 Å². The van der Waals surface area contributed by atoms with Crippen molar-refractivity contribution in [3.05, 3.63) is 352 Å². The summed E-state index contributed by atoms with van der Waals surface area (Å²) < 4.78 is 22.9. The summed E-state index contributed by atoms with van der Waals surface area (Å²) in [5.41, 5.74) is 18.8. The van der Waals surface area contributed by atoms with Gasteiger partial charge in [-0.15, -0.1) is 68.0 Å². The Balaban J connectivity index is 0.0000000980. The molecule has 0 fully saturated rings. The summed E-state index contributed by atoms with van der Waals surface area (Å²) in [6, 6.07) is 122. The van der Waals surface area contributed by atoms with Gasteiger partial charge in [-0.2, -0.15) is 0 Å². The lowest BCUT2D eigenvalue weighted by molar-refractivity contribution is 1.11. The molecule has 0 bridgehead atoms. The summed E-state index contributed by atoms with van der Waals surface area (Å²) in [5, 5.41) is 16.6. The predicted molar refractivity (Wildman–Crippen MR) is 518 cm³/mol. The molecule has 0 aliphatic carbocycles. The van der Waals surface area contributed by atoms with Crippen molar-refractivity contribution in [2.24, 2.45) is 0 Å². The molecule has 0 aliphatic heterocycles. The maximum absolute atomic E-state index is 5.41. The highest BCUT2D eigenvalue weighted by Gasteiger charge is 2.28. The average Bonchev–Trinajstić information content (AvgIpc) is 1.55. The Morgan fingerprint density at radius 2 is 0.455 bits per heavy atom. The molecule has 0 aliphatic rings. The van der Waals surface area contributed by atoms with E-state index in [0.29, 0.717) is 0 Å². The van der Waals surface area contributed by atoms with E-state index in [0.717, 1.165) is 117 Å². The van der Waals surface area contributed by atoms with E-state index in [-0.39, 0.29) is 0 Å². The van der Waals surface area contributed by atoms with Gasteiger partial charge in [0.15, 0.2) is 0 Å². The Bertz CT molecular complexity index is 8610. The molecule has 16 aromatic heterocycles. The zero-order valence-electron chi connectivity index (χ0n) is 63.9. The number of benzene rings is 12. The highest BCUT2D eigenvalue weighted by Crippen LogP contribution is 2.52. The van der Waals surface area contributed by atoms with Gasteiger partial charge in [-0.1, -0.05) is 237 Å². The summed E-state index contributed by atoms with van der Waals surface area (Å²) in [6.45, 7) is 0. The van der Waals surface area contributed by atoms with Crippen LogP contribution in [0.5, 0.6) is 0 Å². The second-order valence-electron chi connectivity index (χ2n) is 30.5. The molecule has 564 valence electrons. The minimum atomic E-state index is 0.848. The largest absolute Gasteiger partial charge is 0.291 e. The van der Waals surface area contributed by atoms with Crippen LogP contribution < -0.4 is 0 Å². The van der Waals surface area contributed by atoms with Crippen molar-refractivity contribution < 1.29 is 0 Å². The molecule has 0 N–H and O–H groups in total. The maximum atomic E-state index is 5.41. The van der Waals surface area contributed by atoms with Crippen LogP contribution in [0, 0.1) is 0 Å². The number of pyridine rings is 7. The third kappa shape index (κ3) is 10.8. The molecule has 0 amide bonds. The molecule has 0 radical (unpaired) electrons. The number of rotatable bonds is 6. The van der Waals surface area contributed by atoms with Crippen LogP contribution >= 0.6 is 68.0 Å². The van der Waals surface area contributed by atoms with Gasteiger partial charge in [0, 0.05) is 110 Å². The Labute approximate surface area is 711 Å². The van der Waals surface area contributed by atoms with E-state index < -0.39 is 0 Å². The molecule has 28 aromatic rings. The molecule has 121 heavy (non-hydrogen) atoms. The second kappa shape index (κ2) is 27.1. The fraction of sp³-hybridized carbons (Fsp3) is 0. The predicted octanol–water partition coefficient (Wildman–Crippen LogP) is 30.5. The first kappa shape index (κ1) is 68.7. The van der Waals surface area contributed by atoms with Crippen LogP contribution in [0.3, 0.4) is 0 Å². The average molecular weight is 1650 g/mol. The Morgan fingerprint density at radius 3 is 0.810 bits per heavy atom. The molecule has 28 rings (SSSR count). The summed E-state index contributed by atoms with van der Waals surface area (Å²) in [5.74, 6) is 2.76. The van der Waals surface area contributed by atoms with Gasteiger partial charge in [-0.3, -0.25) is 18.7 Å². The molecule has 12 aromatic carbocycles. The monoisotopic (exact) mass is 1650 g/mol. The van der Waals surface area contributed by atoms with Crippen molar-refractivity contribution in [3.63, 3.8) is 0 Å². The van der Waals surface area contributed by atoms with Crippen molar-refractivity contribution in [3.8, 4) is 51.4 Å². The minimum Gasteiger partial charge on any atom is -0.291 e. The Kier molecular flexibility index (Phi) is 15.4. The number of hydrogen-bond donors (Lipinski definition) is 0. The third-order valence-electron chi connectivity index (χ3n) is 23.6. The number of aromatic nitrogens is 10. The van der Waals surface area contributed by atoms with Crippen LogP contribution in [0.2, 0.25) is 0 Å². The van der Waals surface area contributed by atoms with E-state index in [1.54, 1.807) is 6.20 Å². The molecule has 0 atom stereocenters. The van der Waals surface area contributed by atoms with Crippen molar-refractivity contribution in [1.82, 2.24) is 48.6 Å². The second-order valence-corrected chi connectivity index (χ2v) is 36.8. The lowest BCUT2D eigenvalue weighted by Crippen LogP contribution is -1.98. The summed E-state index contributed by atoms with van der Waals surface area (Å²) in [4.78, 5) is 36.1. The molecular formula is C105H58N10S6. The molecule has 0 unspecified atom stereocenters. The Hall–Kier alpha value is -14.3. The van der Waals surface area contributed by atoms with Crippen molar-refractivity contribution in [1.29, 1.82) is 0 Å². The van der Waals surface area contributed by atoms with E-state index in [9.17, 15) is 0 Å². The van der Waals surface area contributed by atoms with Gasteiger partial charge < -0.3 is 0 Å². The number of nitrogens with zero attached hydrogens (tertiary/aromatic N) is 10. The summed E-state index contributed by atoms with van der Waals surface area (Å²) >= 11 is 11.3. The van der Waals surface area contributed by atoms with Gasteiger partial charge in [0.1, 0.15) is 17.5 Å². The lowest BCUT2D eigenvalue weighted by Gasteiger charge is -2.11. The minimum absolute atomic E-state index is 0.848. The van der Waals surface area contributed by atoms with Crippen LogP contribution in [0.1, 0.15) is 0 Å². The molecule has 16 heteroatoms. The van der Waals surface area contributed by atoms with Gasteiger partial charge in [-0.25, -0.2) is 29.9 Å². The van der Waals surface area contributed by atoms with Crippen LogP contribution in [-0.2, 0) is 0 Å². The van der Waals surface area contributed by atoms with Gasteiger partial charge >= 0.3 is 0 Å². The van der Waals surface area contributed by atoms with Crippen molar-refractivity contribution in [2.75, 3.05) is 0 Å². The standard InChI is InChI=1S/C38H21N3S2.C34H19N3S2.C33H18N4S2/c1-2-8-25-21-26(16-13-22(25)7-1)29-19-17-23-14-15-24-18-20-32(40-34(24)33(23)39-29)41-35-27-9-3-5-11-30(27)42-37(35)38-36(41)28-10-4-6-12-31(28)43-38;1-2-8-20(9-3-1)25-18-16-21-14-15-22-17-19-28(36-30(22)29(21)35-25)37-31-23-10-4-6-12-26(23)38-33(31)34-32(37)24-11-5-7-13-27(24)39-34;1-3-10-25-21(7-1)30-32(38-25)33-31(22-8-2-4-11-26(22)39-33)37(30)27-17-15-20-13-12-19-14-16-24(23-9-5-6-18-34-23)35-28(19)29(20)36-27/h1-21H;1-19H;1-18H. The lowest BCUT2D eigenvalue weighted by atomic mass is 10.0. The van der Waals surface area contributed by atoms with E-state index in [1.807, 2.05) is 98.4 Å². The third-order valence-corrected chi connectivity index (χ3v) is 31.1. The first-order chi connectivity index (χ1) is 60.0. The summed E-state index contributed by atoms with van der Waals surface area (Å²) in [7, 11) is 0. The molecule has 0 spiro atoms. The van der Waals surface area contributed by atoms with E-state index in [4.69, 9.17) is 29.9 Å². The van der Waals surface area contributed by atoms with Crippen LogP contribution in [-0.4, -0.2) is 48.6 Å². The first-order valence-corrected chi connectivity index (χ1v) is 45.0. The zero-order chi connectivity index (χ0) is 79.1. The van der Waals surface area contributed by atoms with E-state index in [2.05, 4.69) is 334 Å². The number of fused-ring (bicyclic) bond motifs is 31. The van der Waals surface area contributed by atoms with Gasteiger partial charge in [0.25, 0.3) is 0 Å². The van der Waals surface area contributed by atoms with Crippen LogP contribution in [0.15, 0.2) is 352 Å². The van der Waals surface area contributed by atoms with Crippen LogP contribution in [0.4, 0.5) is 0 Å². The van der Waals surface area contributed by atoms with E-state index >= 15 is 0 Å².